The van der Waals surface area contributed by atoms with Gasteiger partial charge in [-0.15, -0.1) is 0 Å². The molecule has 2 heteroatoms. The Morgan fingerprint density at radius 1 is 0.414 bits per heavy atom. The summed E-state index contributed by atoms with van der Waals surface area (Å²) in [5.41, 5.74) is 7.15. The van der Waals surface area contributed by atoms with Gasteiger partial charge in [0.2, 0.25) is 0 Å². The first kappa shape index (κ1) is 18.9. The number of carbonyl (C=O) groups is 1. The number of halogens is 1. The molecular formula is C27H19ClO. The van der Waals surface area contributed by atoms with Crippen LogP contribution in [0.15, 0.2) is 115 Å². The van der Waals surface area contributed by atoms with E-state index in [9.17, 15) is 4.79 Å². The van der Waals surface area contributed by atoms with Gasteiger partial charge in [-0.1, -0.05) is 103 Å². The molecule has 0 aromatic heterocycles. The van der Waals surface area contributed by atoms with Crippen LogP contribution in [0, 0.1) is 0 Å². The zero-order chi connectivity index (χ0) is 20.1. The van der Waals surface area contributed by atoms with E-state index in [4.69, 9.17) is 11.6 Å². The highest BCUT2D eigenvalue weighted by Gasteiger charge is 2.16. The summed E-state index contributed by atoms with van der Waals surface area (Å²) in [7, 11) is 0. The van der Waals surface area contributed by atoms with Crippen LogP contribution in [0.3, 0.4) is 0 Å². The zero-order valence-corrected chi connectivity index (χ0v) is 16.5. The van der Waals surface area contributed by atoms with Gasteiger partial charge >= 0.3 is 0 Å². The van der Waals surface area contributed by atoms with E-state index in [1.54, 1.807) is 12.1 Å². The van der Waals surface area contributed by atoms with Crippen molar-refractivity contribution < 1.29 is 4.79 Å². The van der Waals surface area contributed by atoms with Crippen molar-refractivity contribution in [1.29, 1.82) is 0 Å². The van der Waals surface area contributed by atoms with Crippen molar-refractivity contribution in [3.8, 4) is 0 Å². The smallest absolute Gasteiger partial charge is 0.252 e. The van der Waals surface area contributed by atoms with Gasteiger partial charge in [0.1, 0.15) is 0 Å². The molecule has 1 nitrogen and oxygen atoms in total. The van der Waals surface area contributed by atoms with E-state index in [1.165, 1.54) is 0 Å². The lowest BCUT2D eigenvalue weighted by Crippen LogP contribution is -1.98. The molecule has 0 unspecified atom stereocenters. The molecule has 0 amide bonds. The molecule has 4 rings (SSSR count). The minimum Gasteiger partial charge on any atom is -0.276 e. The van der Waals surface area contributed by atoms with Crippen molar-refractivity contribution in [1.82, 2.24) is 0 Å². The maximum Gasteiger partial charge on any atom is 0.252 e. The van der Waals surface area contributed by atoms with Gasteiger partial charge < -0.3 is 0 Å². The molecule has 0 aliphatic heterocycles. The number of carbonyl (C=O) groups excluding carboxylic acids is 1. The highest BCUT2D eigenvalue weighted by atomic mass is 35.5. The molecule has 0 aliphatic carbocycles. The summed E-state index contributed by atoms with van der Waals surface area (Å²) in [6, 6.07) is 38.6. The summed E-state index contributed by atoms with van der Waals surface area (Å²) in [4.78, 5) is 11.5. The predicted octanol–water partition coefficient (Wildman–Crippen LogP) is 7.07. The van der Waals surface area contributed by atoms with E-state index in [0.29, 0.717) is 5.56 Å². The van der Waals surface area contributed by atoms with E-state index in [0.717, 1.165) is 33.4 Å². The molecule has 0 saturated heterocycles. The third-order valence-corrected chi connectivity index (χ3v) is 5.06. The summed E-state index contributed by atoms with van der Waals surface area (Å²) in [5, 5.41) is -0.451. The van der Waals surface area contributed by atoms with Crippen molar-refractivity contribution in [3.05, 3.63) is 143 Å². The molecule has 0 spiro atoms. The number of hydrogen-bond acceptors (Lipinski definition) is 1. The highest BCUT2D eigenvalue weighted by molar-refractivity contribution is 6.67. The first-order valence-electron chi connectivity index (χ1n) is 9.45. The van der Waals surface area contributed by atoms with E-state index in [-0.39, 0.29) is 0 Å². The van der Waals surface area contributed by atoms with Gasteiger partial charge in [0.15, 0.2) is 0 Å². The Labute approximate surface area is 175 Å². The molecule has 140 valence electrons. The van der Waals surface area contributed by atoms with Gasteiger partial charge in [-0.25, -0.2) is 0 Å². The lowest BCUT2D eigenvalue weighted by molar-refractivity contribution is 0.108. The summed E-state index contributed by atoms with van der Waals surface area (Å²) in [6.45, 7) is 0. The lowest BCUT2D eigenvalue weighted by Gasteiger charge is -2.18. The van der Waals surface area contributed by atoms with Crippen LogP contribution >= 0.6 is 11.6 Å². The second kappa shape index (κ2) is 8.72. The third kappa shape index (κ3) is 4.21. The van der Waals surface area contributed by atoms with E-state index in [1.807, 2.05) is 42.5 Å². The SMILES string of the molecule is O=C(Cl)c1ccc(C(=C(c2ccccc2)c2ccccc2)c2ccccc2)cc1. The molecule has 0 bridgehead atoms. The second-order valence-electron chi connectivity index (χ2n) is 6.70. The molecule has 0 radical (unpaired) electrons. The number of hydrogen-bond donors (Lipinski definition) is 0. The minimum absolute atomic E-state index is 0.451. The van der Waals surface area contributed by atoms with Gasteiger partial charge in [0, 0.05) is 5.56 Å². The summed E-state index contributed by atoms with van der Waals surface area (Å²) in [5.74, 6) is 0. The van der Waals surface area contributed by atoms with Crippen LogP contribution in [0.25, 0.3) is 11.1 Å². The monoisotopic (exact) mass is 394 g/mol. The standard InChI is InChI=1S/C27H19ClO/c28-27(29)24-18-16-23(17-19-24)26(22-14-8-3-9-15-22)25(20-10-4-1-5-11-20)21-12-6-2-7-13-21/h1-19H. The van der Waals surface area contributed by atoms with Gasteiger partial charge in [0.05, 0.1) is 0 Å². The second-order valence-corrected chi connectivity index (χ2v) is 7.04. The fourth-order valence-electron chi connectivity index (χ4n) is 3.49. The van der Waals surface area contributed by atoms with Crippen molar-refractivity contribution in [3.63, 3.8) is 0 Å². The number of rotatable bonds is 5. The molecule has 0 heterocycles. The fraction of sp³-hybridized carbons (Fsp3) is 0. The first-order chi connectivity index (χ1) is 14.2. The quantitative estimate of drug-likeness (QED) is 0.261. The Morgan fingerprint density at radius 2 is 0.690 bits per heavy atom. The fourth-order valence-corrected chi connectivity index (χ4v) is 3.62. The van der Waals surface area contributed by atoms with Crippen LogP contribution in [-0.2, 0) is 0 Å². The van der Waals surface area contributed by atoms with E-state index >= 15 is 0 Å². The third-order valence-electron chi connectivity index (χ3n) is 4.84. The average Bonchev–Trinajstić information content (AvgIpc) is 2.79. The van der Waals surface area contributed by atoms with Crippen molar-refractivity contribution >= 4 is 28.0 Å². The van der Waals surface area contributed by atoms with Crippen LogP contribution in [0.5, 0.6) is 0 Å². The molecule has 0 fully saturated rings. The topological polar surface area (TPSA) is 17.1 Å². The van der Waals surface area contributed by atoms with Crippen LogP contribution in [0.1, 0.15) is 32.6 Å². The van der Waals surface area contributed by atoms with Crippen LogP contribution in [-0.4, -0.2) is 5.24 Å². The molecule has 4 aromatic rings. The number of benzene rings is 4. The largest absolute Gasteiger partial charge is 0.276 e. The molecular weight excluding hydrogens is 376 g/mol. The maximum absolute atomic E-state index is 11.5. The zero-order valence-electron chi connectivity index (χ0n) is 15.8. The predicted molar refractivity (Wildman–Crippen MR) is 121 cm³/mol. The van der Waals surface area contributed by atoms with Crippen LogP contribution in [0.2, 0.25) is 0 Å². The molecule has 0 aliphatic rings. The Hall–Kier alpha value is -3.42. The molecule has 0 N–H and O–H groups in total. The first-order valence-corrected chi connectivity index (χ1v) is 9.82. The van der Waals surface area contributed by atoms with Gasteiger partial charge in [-0.05, 0) is 57.1 Å². The Kier molecular flexibility index (Phi) is 5.69. The Balaban J connectivity index is 2.05. The molecule has 29 heavy (non-hydrogen) atoms. The van der Waals surface area contributed by atoms with Crippen LogP contribution < -0.4 is 0 Å². The van der Waals surface area contributed by atoms with Crippen LogP contribution in [0.4, 0.5) is 0 Å². The summed E-state index contributed by atoms with van der Waals surface area (Å²) >= 11 is 5.66. The highest BCUT2D eigenvalue weighted by Crippen LogP contribution is 2.36. The van der Waals surface area contributed by atoms with Crippen molar-refractivity contribution in [2.75, 3.05) is 0 Å². The molecule has 4 aromatic carbocycles. The Bertz CT molecular complexity index is 1090. The van der Waals surface area contributed by atoms with Gasteiger partial charge in [0.25, 0.3) is 5.24 Å². The average molecular weight is 395 g/mol. The summed E-state index contributed by atoms with van der Waals surface area (Å²) in [6.07, 6.45) is 0. The van der Waals surface area contributed by atoms with Crippen molar-refractivity contribution in [2.24, 2.45) is 0 Å². The minimum atomic E-state index is -0.451. The van der Waals surface area contributed by atoms with E-state index in [2.05, 4.69) is 60.7 Å². The van der Waals surface area contributed by atoms with Crippen molar-refractivity contribution in [2.45, 2.75) is 0 Å². The van der Waals surface area contributed by atoms with Gasteiger partial charge in [-0.2, -0.15) is 0 Å². The normalized spacial score (nSPS) is 10.4. The van der Waals surface area contributed by atoms with Gasteiger partial charge in [-0.3, -0.25) is 4.79 Å². The lowest BCUT2D eigenvalue weighted by atomic mass is 9.85. The molecule has 0 saturated carbocycles. The Morgan fingerprint density at radius 3 is 1.00 bits per heavy atom. The summed E-state index contributed by atoms with van der Waals surface area (Å²) < 4.78 is 0. The maximum atomic E-state index is 11.5. The van der Waals surface area contributed by atoms with E-state index < -0.39 is 5.24 Å². The molecule has 0 atom stereocenters.